The molecule has 0 aliphatic carbocycles. The highest BCUT2D eigenvalue weighted by Gasteiger charge is 2.61. The van der Waals surface area contributed by atoms with Gasteiger partial charge in [-0.1, -0.05) is 18.2 Å². The Hall–Kier alpha value is -3.29. The third kappa shape index (κ3) is 2.72. The maximum absolute atomic E-state index is 13.3. The summed E-state index contributed by atoms with van der Waals surface area (Å²) in [5, 5.41) is 2.73. The molecule has 1 aromatic rings. The van der Waals surface area contributed by atoms with Crippen molar-refractivity contribution in [2.24, 2.45) is 5.73 Å². The van der Waals surface area contributed by atoms with Crippen LogP contribution in [-0.2, 0) is 34.0 Å². The molecule has 2 heterocycles. The Morgan fingerprint density at radius 2 is 1.89 bits per heavy atom. The number of nitrogens with one attached hydrogen (secondary N) is 1. The van der Waals surface area contributed by atoms with E-state index >= 15 is 0 Å². The van der Waals surface area contributed by atoms with E-state index in [4.69, 9.17) is 19.9 Å². The van der Waals surface area contributed by atoms with Crippen molar-refractivity contribution in [2.45, 2.75) is 39.2 Å². The van der Waals surface area contributed by atoms with Crippen LogP contribution in [-0.4, -0.2) is 30.6 Å². The van der Waals surface area contributed by atoms with Gasteiger partial charge in [0.25, 0.3) is 0 Å². The van der Waals surface area contributed by atoms with E-state index in [1.54, 1.807) is 45.0 Å². The summed E-state index contributed by atoms with van der Waals surface area (Å²) in [5.74, 6) is -2.41. The smallest absolute Gasteiger partial charge is 0.341 e. The second-order valence-corrected chi connectivity index (χ2v) is 6.70. The van der Waals surface area contributed by atoms with Crippen LogP contribution in [0.1, 0.15) is 33.3 Å². The Bertz CT molecular complexity index is 930. The molecule has 0 fully saturated rings. The van der Waals surface area contributed by atoms with Gasteiger partial charge >= 0.3 is 11.9 Å². The molecule has 8 nitrogen and oxygen atoms in total. The van der Waals surface area contributed by atoms with E-state index in [0.717, 1.165) is 0 Å². The molecule has 0 saturated carbocycles. The first-order valence-corrected chi connectivity index (χ1v) is 8.93. The van der Waals surface area contributed by atoms with Gasteiger partial charge in [-0.05, 0) is 33.8 Å². The molecule has 1 spiro atoms. The lowest BCUT2D eigenvalue weighted by molar-refractivity contribution is -0.145. The molecule has 3 rings (SSSR count). The Kier molecular flexibility index (Phi) is 4.89. The second-order valence-electron chi connectivity index (χ2n) is 6.70. The zero-order valence-corrected chi connectivity index (χ0v) is 16.1. The van der Waals surface area contributed by atoms with E-state index in [2.05, 4.69) is 5.32 Å². The standard InChI is InChI=1S/C20H22N2O6/c1-5-26-17(23)15-16(21)28-11(4)14(18(24)27-10(2)3)20(15)12-8-6-7-9-13(12)22-19(20)25/h6-10H,5,21H2,1-4H3,(H,22,25). The van der Waals surface area contributed by atoms with Gasteiger partial charge < -0.3 is 25.3 Å². The number of hydrogen-bond donors (Lipinski definition) is 2. The highest BCUT2D eigenvalue weighted by molar-refractivity contribution is 6.21. The summed E-state index contributed by atoms with van der Waals surface area (Å²) < 4.78 is 16.0. The molecule has 3 N–H and O–H groups in total. The molecule has 0 bridgehead atoms. The van der Waals surface area contributed by atoms with Crippen LogP contribution in [0.2, 0.25) is 0 Å². The van der Waals surface area contributed by atoms with E-state index in [-0.39, 0.29) is 29.4 Å². The van der Waals surface area contributed by atoms with Crippen LogP contribution in [0.25, 0.3) is 0 Å². The molecule has 2 aliphatic heterocycles. The summed E-state index contributed by atoms with van der Waals surface area (Å²) in [5.41, 5.74) is 4.75. The average molecular weight is 386 g/mol. The largest absolute Gasteiger partial charge is 0.462 e. The van der Waals surface area contributed by atoms with Crippen molar-refractivity contribution in [1.82, 2.24) is 0 Å². The quantitative estimate of drug-likeness (QED) is 0.759. The van der Waals surface area contributed by atoms with Crippen LogP contribution < -0.4 is 11.1 Å². The first-order chi connectivity index (χ1) is 13.2. The molecule has 2 aliphatic rings. The molecule has 1 aromatic carbocycles. The fourth-order valence-electron chi connectivity index (χ4n) is 3.62. The van der Waals surface area contributed by atoms with Crippen molar-refractivity contribution < 1.29 is 28.6 Å². The number of allylic oxidation sites excluding steroid dienone is 1. The summed E-state index contributed by atoms with van der Waals surface area (Å²) in [7, 11) is 0. The predicted molar refractivity (Wildman–Crippen MR) is 99.6 cm³/mol. The summed E-state index contributed by atoms with van der Waals surface area (Å²) in [4.78, 5) is 39.2. The van der Waals surface area contributed by atoms with Gasteiger partial charge in [0.1, 0.15) is 22.3 Å². The molecule has 28 heavy (non-hydrogen) atoms. The Balaban J connectivity index is 2.35. The highest BCUT2D eigenvalue weighted by Crippen LogP contribution is 2.52. The maximum atomic E-state index is 13.3. The van der Waals surface area contributed by atoms with E-state index in [1.165, 1.54) is 6.92 Å². The van der Waals surface area contributed by atoms with Crippen LogP contribution in [0.4, 0.5) is 5.69 Å². The number of carbonyl (C=O) groups is 3. The minimum atomic E-state index is -1.82. The van der Waals surface area contributed by atoms with Crippen LogP contribution in [0.3, 0.4) is 0 Å². The second kappa shape index (κ2) is 7.03. The number of benzene rings is 1. The van der Waals surface area contributed by atoms with Gasteiger partial charge in [0.2, 0.25) is 11.8 Å². The highest BCUT2D eigenvalue weighted by atomic mass is 16.6. The van der Waals surface area contributed by atoms with Gasteiger partial charge in [-0.3, -0.25) is 4.79 Å². The lowest BCUT2D eigenvalue weighted by Crippen LogP contribution is -2.48. The van der Waals surface area contributed by atoms with Crippen molar-refractivity contribution >= 4 is 23.5 Å². The van der Waals surface area contributed by atoms with Crippen molar-refractivity contribution in [1.29, 1.82) is 0 Å². The number of esters is 2. The third-order valence-corrected chi connectivity index (χ3v) is 4.56. The van der Waals surface area contributed by atoms with E-state index in [0.29, 0.717) is 11.3 Å². The van der Waals surface area contributed by atoms with Crippen LogP contribution in [0.15, 0.2) is 47.1 Å². The van der Waals surface area contributed by atoms with Gasteiger partial charge in [-0.25, -0.2) is 9.59 Å². The number of ether oxygens (including phenoxy) is 3. The number of para-hydroxylation sites is 1. The van der Waals surface area contributed by atoms with Gasteiger partial charge in [0, 0.05) is 11.3 Å². The van der Waals surface area contributed by atoms with Crippen molar-refractivity contribution in [2.75, 3.05) is 11.9 Å². The number of anilines is 1. The third-order valence-electron chi connectivity index (χ3n) is 4.56. The van der Waals surface area contributed by atoms with Crippen LogP contribution >= 0.6 is 0 Å². The Labute approximate surface area is 162 Å². The first kappa shape index (κ1) is 19.5. The molecular weight excluding hydrogens is 364 g/mol. The van der Waals surface area contributed by atoms with Crippen molar-refractivity contribution in [3.8, 4) is 0 Å². The van der Waals surface area contributed by atoms with E-state index in [1.807, 2.05) is 0 Å². The number of carbonyl (C=O) groups excluding carboxylic acids is 3. The zero-order valence-electron chi connectivity index (χ0n) is 16.1. The average Bonchev–Trinajstić information content (AvgIpc) is 2.87. The molecule has 148 valence electrons. The fraction of sp³-hybridized carbons (Fsp3) is 0.350. The predicted octanol–water partition coefficient (Wildman–Crippen LogP) is 1.87. The Morgan fingerprint density at radius 1 is 1.21 bits per heavy atom. The van der Waals surface area contributed by atoms with Crippen molar-refractivity contribution in [3.05, 3.63) is 52.6 Å². The summed E-state index contributed by atoms with van der Waals surface area (Å²) >= 11 is 0. The number of hydrogen-bond acceptors (Lipinski definition) is 7. The lowest BCUT2D eigenvalue weighted by Gasteiger charge is -2.35. The summed E-state index contributed by atoms with van der Waals surface area (Å²) in [6.07, 6.45) is -0.446. The Morgan fingerprint density at radius 3 is 2.54 bits per heavy atom. The molecule has 0 radical (unpaired) electrons. The number of rotatable bonds is 4. The number of fused-ring (bicyclic) bond motifs is 2. The number of amides is 1. The van der Waals surface area contributed by atoms with Crippen LogP contribution in [0, 0.1) is 0 Å². The van der Waals surface area contributed by atoms with Crippen molar-refractivity contribution in [3.63, 3.8) is 0 Å². The molecule has 8 heteroatoms. The minimum absolute atomic E-state index is 0.0590. The molecule has 1 unspecified atom stereocenters. The molecule has 1 atom stereocenters. The van der Waals surface area contributed by atoms with Gasteiger partial charge in [0.05, 0.1) is 12.7 Å². The molecular formula is C20H22N2O6. The lowest BCUT2D eigenvalue weighted by atomic mass is 9.67. The van der Waals surface area contributed by atoms with Crippen LogP contribution in [0.5, 0.6) is 0 Å². The normalized spacial score (nSPS) is 20.8. The van der Waals surface area contributed by atoms with E-state index < -0.39 is 29.4 Å². The molecule has 1 amide bonds. The summed E-state index contributed by atoms with van der Waals surface area (Å²) in [6.45, 7) is 6.56. The van der Waals surface area contributed by atoms with Gasteiger partial charge in [0.15, 0.2) is 0 Å². The molecule has 0 saturated heterocycles. The molecule has 0 aromatic heterocycles. The number of nitrogens with two attached hydrogens (primary N) is 1. The fourth-order valence-corrected chi connectivity index (χ4v) is 3.62. The monoisotopic (exact) mass is 386 g/mol. The summed E-state index contributed by atoms with van der Waals surface area (Å²) in [6, 6.07) is 6.77. The topological polar surface area (TPSA) is 117 Å². The maximum Gasteiger partial charge on any atom is 0.341 e. The van der Waals surface area contributed by atoms with Gasteiger partial charge in [-0.15, -0.1) is 0 Å². The van der Waals surface area contributed by atoms with Gasteiger partial charge in [-0.2, -0.15) is 0 Å². The zero-order chi connectivity index (χ0) is 20.6. The van der Waals surface area contributed by atoms with E-state index in [9.17, 15) is 14.4 Å². The minimum Gasteiger partial charge on any atom is -0.462 e. The SMILES string of the molecule is CCOC(=O)C1=C(N)OC(C)=C(C(=O)OC(C)C)C12C(=O)Nc1ccccc12. The first-order valence-electron chi connectivity index (χ1n) is 8.93.